The van der Waals surface area contributed by atoms with E-state index in [-0.39, 0.29) is 0 Å². The average molecular weight is 215 g/mol. The topological polar surface area (TPSA) is 78.6 Å². The molecule has 0 aromatic heterocycles. The van der Waals surface area contributed by atoms with Crippen LogP contribution in [0.1, 0.15) is 0 Å². The van der Waals surface area contributed by atoms with E-state index >= 15 is 0 Å². The van der Waals surface area contributed by atoms with Crippen molar-refractivity contribution in [1.29, 1.82) is 0 Å². The first kappa shape index (κ1) is 10.8. The Balaban J connectivity index is 3.06. The fourth-order valence-corrected chi connectivity index (χ4v) is 1.27. The first-order valence-corrected chi connectivity index (χ1v) is 4.86. The van der Waals surface area contributed by atoms with Crippen molar-refractivity contribution in [3.8, 4) is 5.75 Å². The molecule has 2 N–H and O–H groups in total. The monoisotopic (exact) mass is 215 g/mol. The van der Waals surface area contributed by atoms with Crippen molar-refractivity contribution in [3.63, 3.8) is 0 Å². The number of nitrogens with two attached hydrogens (primary N) is 1. The Bertz CT molecular complexity index is 356. The summed E-state index contributed by atoms with van der Waals surface area (Å²) in [6.45, 7) is 0. The summed E-state index contributed by atoms with van der Waals surface area (Å²) in [4.78, 5) is 0. The van der Waals surface area contributed by atoms with Gasteiger partial charge in [0.2, 0.25) is 0 Å². The molecule has 0 saturated heterocycles. The minimum atomic E-state index is -2.29. The first-order chi connectivity index (χ1) is 6.56. The van der Waals surface area contributed by atoms with Crippen molar-refractivity contribution >= 4 is 22.6 Å². The Morgan fingerprint density at radius 3 is 2.71 bits per heavy atom. The molecule has 1 atom stereocenters. The lowest BCUT2D eigenvalue weighted by Crippen LogP contribution is -2.19. The molecule has 78 valence electrons. The highest BCUT2D eigenvalue weighted by Crippen LogP contribution is 2.26. The summed E-state index contributed by atoms with van der Waals surface area (Å²) in [6, 6.07) is 4.76. The fraction of sp³-hybridized carbons (Fsp3) is 0.250. The molecule has 0 fully saturated rings. The van der Waals surface area contributed by atoms with Crippen LogP contribution >= 0.6 is 0 Å². The highest BCUT2D eigenvalue weighted by molar-refractivity contribution is 7.80. The summed E-state index contributed by atoms with van der Waals surface area (Å²) in [5.74, 6) is 0.458. The van der Waals surface area contributed by atoms with Crippen LogP contribution in [0.3, 0.4) is 0 Å². The number of hydrogen-bond donors (Lipinski definition) is 1. The lowest BCUT2D eigenvalue weighted by atomic mass is 10.2. The molecule has 0 aliphatic carbocycles. The highest BCUT2D eigenvalue weighted by Gasteiger charge is 2.04. The Hall–Kier alpha value is -1.27. The third kappa shape index (κ3) is 2.15. The Morgan fingerprint density at radius 1 is 1.57 bits per heavy atom. The predicted molar refractivity (Wildman–Crippen MR) is 54.7 cm³/mol. The summed E-state index contributed by atoms with van der Waals surface area (Å²) < 4.78 is 27.3. The van der Waals surface area contributed by atoms with E-state index in [1.165, 1.54) is 14.2 Å². The highest BCUT2D eigenvalue weighted by atomic mass is 32.2. The molecule has 5 nitrogen and oxygen atoms in total. The van der Waals surface area contributed by atoms with Crippen molar-refractivity contribution < 1.29 is 13.5 Å². The maximum absolute atomic E-state index is 10.6. The molecule has 1 rings (SSSR count). The van der Waals surface area contributed by atoms with Gasteiger partial charge in [-0.15, -0.1) is 0 Å². The lowest BCUT2D eigenvalue weighted by Gasteiger charge is -2.21. The van der Waals surface area contributed by atoms with Crippen LogP contribution in [0.25, 0.3) is 0 Å². The molecule has 0 bridgehead atoms. The van der Waals surface area contributed by atoms with Crippen LogP contribution in [0, 0.1) is 0 Å². The van der Waals surface area contributed by atoms with Gasteiger partial charge < -0.3 is 19.3 Å². The molecule has 1 aromatic carbocycles. The van der Waals surface area contributed by atoms with Gasteiger partial charge in [0.15, 0.2) is 0 Å². The van der Waals surface area contributed by atoms with Crippen LogP contribution in [-0.4, -0.2) is 22.9 Å². The molecule has 0 aliphatic heterocycles. The molecular formula is C8H11N2O3S-. The molecule has 0 spiro atoms. The summed E-state index contributed by atoms with van der Waals surface area (Å²) in [6.07, 6.45) is 0. The van der Waals surface area contributed by atoms with Crippen LogP contribution < -0.4 is 14.8 Å². The Morgan fingerprint density at radius 2 is 2.21 bits per heavy atom. The second kappa shape index (κ2) is 4.30. The van der Waals surface area contributed by atoms with Gasteiger partial charge in [-0.3, -0.25) is 4.21 Å². The zero-order chi connectivity index (χ0) is 10.7. The number of methoxy groups -OCH3 is 1. The third-order valence-electron chi connectivity index (χ3n) is 1.80. The van der Waals surface area contributed by atoms with E-state index in [1.54, 1.807) is 18.2 Å². The van der Waals surface area contributed by atoms with E-state index in [1.807, 2.05) is 0 Å². The zero-order valence-electron chi connectivity index (χ0n) is 7.89. The SMILES string of the molecule is COc1cc(N(C)S(=O)[O-])ccc1N. The van der Waals surface area contributed by atoms with E-state index < -0.39 is 11.3 Å². The molecule has 0 radical (unpaired) electrons. The molecule has 0 aliphatic rings. The lowest BCUT2D eigenvalue weighted by molar-refractivity contribution is 0.417. The van der Waals surface area contributed by atoms with E-state index in [2.05, 4.69) is 0 Å². The van der Waals surface area contributed by atoms with Crippen LogP contribution in [-0.2, 0) is 11.3 Å². The second-order valence-electron chi connectivity index (χ2n) is 2.64. The minimum absolute atomic E-state index is 0.458. The molecule has 0 saturated carbocycles. The number of nitrogens with zero attached hydrogens (tertiary/aromatic N) is 1. The van der Waals surface area contributed by atoms with Crippen molar-refractivity contribution in [2.75, 3.05) is 24.2 Å². The first-order valence-electron chi connectivity index (χ1n) is 3.83. The van der Waals surface area contributed by atoms with Gasteiger partial charge in [-0.05, 0) is 12.1 Å². The van der Waals surface area contributed by atoms with Gasteiger partial charge in [-0.1, -0.05) is 0 Å². The van der Waals surface area contributed by atoms with Crippen LogP contribution in [0.15, 0.2) is 18.2 Å². The van der Waals surface area contributed by atoms with Gasteiger partial charge in [0, 0.05) is 24.4 Å². The fourth-order valence-electron chi connectivity index (χ4n) is 0.982. The Labute approximate surface area is 84.9 Å². The average Bonchev–Trinajstić information content (AvgIpc) is 2.17. The minimum Gasteiger partial charge on any atom is -0.755 e. The molecule has 1 unspecified atom stereocenters. The van der Waals surface area contributed by atoms with E-state index in [0.29, 0.717) is 17.1 Å². The quantitative estimate of drug-likeness (QED) is 0.588. The summed E-state index contributed by atoms with van der Waals surface area (Å²) in [7, 11) is 2.91. The van der Waals surface area contributed by atoms with Crippen LogP contribution in [0.4, 0.5) is 11.4 Å². The largest absolute Gasteiger partial charge is 0.755 e. The molecular weight excluding hydrogens is 204 g/mol. The summed E-state index contributed by atoms with van der Waals surface area (Å²) in [5, 5.41) is 0. The number of benzene rings is 1. The normalized spacial score (nSPS) is 12.2. The summed E-state index contributed by atoms with van der Waals surface area (Å²) in [5.41, 5.74) is 6.56. The molecule has 0 amide bonds. The smallest absolute Gasteiger partial charge is 0.143 e. The molecule has 0 heterocycles. The van der Waals surface area contributed by atoms with Crippen molar-refractivity contribution in [2.45, 2.75) is 0 Å². The molecule has 1 aromatic rings. The van der Waals surface area contributed by atoms with Crippen LogP contribution in [0.5, 0.6) is 5.75 Å². The van der Waals surface area contributed by atoms with Gasteiger partial charge in [-0.2, -0.15) is 0 Å². The number of rotatable bonds is 3. The molecule has 6 heteroatoms. The van der Waals surface area contributed by atoms with E-state index in [4.69, 9.17) is 10.5 Å². The summed E-state index contributed by atoms with van der Waals surface area (Å²) >= 11 is -2.29. The van der Waals surface area contributed by atoms with Crippen molar-refractivity contribution in [1.82, 2.24) is 0 Å². The van der Waals surface area contributed by atoms with Crippen molar-refractivity contribution in [2.24, 2.45) is 0 Å². The Kier molecular flexibility index (Phi) is 3.32. The van der Waals surface area contributed by atoms with Gasteiger partial charge in [0.25, 0.3) is 0 Å². The second-order valence-corrected chi connectivity index (χ2v) is 3.62. The van der Waals surface area contributed by atoms with Gasteiger partial charge in [-0.25, -0.2) is 0 Å². The van der Waals surface area contributed by atoms with Gasteiger partial charge in [0.1, 0.15) is 5.75 Å². The number of anilines is 2. The number of ether oxygens (including phenoxy) is 1. The van der Waals surface area contributed by atoms with E-state index in [9.17, 15) is 8.76 Å². The zero-order valence-corrected chi connectivity index (χ0v) is 8.71. The number of nitrogen functional groups attached to an aromatic ring is 1. The molecule has 14 heavy (non-hydrogen) atoms. The standard InChI is InChI=1S/C8H12N2O3S/c1-10(14(11)12)6-3-4-7(9)8(5-6)13-2/h3-5H,9H2,1-2H3,(H,11,12)/p-1. The van der Waals surface area contributed by atoms with Gasteiger partial charge >= 0.3 is 0 Å². The van der Waals surface area contributed by atoms with E-state index in [0.717, 1.165) is 4.31 Å². The van der Waals surface area contributed by atoms with Crippen molar-refractivity contribution in [3.05, 3.63) is 18.2 Å². The maximum atomic E-state index is 10.6. The van der Waals surface area contributed by atoms with Gasteiger partial charge in [0.05, 0.1) is 18.5 Å². The maximum Gasteiger partial charge on any atom is 0.143 e. The number of hydrogen-bond acceptors (Lipinski definition) is 4. The predicted octanol–water partition coefficient (Wildman–Crippen LogP) is 0.508. The third-order valence-corrected chi connectivity index (χ3v) is 2.46. The van der Waals surface area contributed by atoms with Crippen LogP contribution in [0.2, 0.25) is 0 Å².